The minimum atomic E-state index is 0.286. The Balaban J connectivity index is 1.62. The molecule has 5 rings (SSSR count). The Morgan fingerprint density at radius 1 is 1.24 bits per heavy atom. The van der Waals surface area contributed by atoms with Crippen LogP contribution in [0.25, 0.3) is 0 Å². The third-order valence-electron chi connectivity index (χ3n) is 6.37. The predicted octanol–water partition coefficient (Wildman–Crippen LogP) is 2.87. The van der Waals surface area contributed by atoms with Gasteiger partial charge in [-0.15, -0.1) is 0 Å². The normalized spacial score (nSPS) is 38.9. The molecule has 1 aromatic rings. The Hall–Kier alpha value is -0.870. The number of nitrogens with one attached hydrogen (secondary N) is 1. The Morgan fingerprint density at radius 3 is 2.48 bits per heavy atom. The van der Waals surface area contributed by atoms with Crippen molar-refractivity contribution in [2.75, 3.05) is 0 Å². The molecule has 4 saturated carbocycles. The minimum Gasteiger partial charge on any atom is -0.271 e. The van der Waals surface area contributed by atoms with Crippen molar-refractivity contribution in [2.24, 2.45) is 35.4 Å². The van der Waals surface area contributed by atoms with E-state index in [1.165, 1.54) is 37.8 Å². The lowest BCUT2D eigenvalue weighted by molar-refractivity contribution is -0.0537. The first kappa shape index (κ1) is 13.8. The number of hydrogen-bond acceptors (Lipinski definition) is 3. The molecule has 4 heteroatoms. The van der Waals surface area contributed by atoms with Crippen LogP contribution >= 0.6 is 0 Å². The zero-order chi connectivity index (χ0) is 14.4. The third kappa shape index (κ3) is 2.23. The van der Waals surface area contributed by atoms with Crippen LogP contribution in [0.4, 0.5) is 0 Å². The molecule has 4 nitrogen and oxygen atoms in total. The lowest BCUT2D eigenvalue weighted by Gasteiger charge is -2.56. The number of nitrogens with two attached hydrogens (primary N) is 1. The first-order valence-corrected chi connectivity index (χ1v) is 8.78. The van der Waals surface area contributed by atoms with Gasteiger partial charge in [0.1, 0.15) is 0 Å². The molecular weight excluding hydrogens is 260 g/mol. The molecule has 0 saturated heterocycles. The summed E-state index contributed by atoms with van der Waals surface area (Å²) in [7, 11) is 0. The first-order chi connectivity index (χ1) is 10.3. The number of hydrogen-bond donors (Lipinski definition) is 2. The van der Waals surface area contributed by atoms with Crippen LogP contribution in [0.1, 0.15) is 57.2 Å². The molecule has 0 amide bonds. The van der Waals surface area contributed by atoms with Crippen molar-refractivity contribution in [1.29, 1.82) is 0 Å². The highest BCUT2D eigenvalue weighted by Crippen LogP contribution is 2.59. The van der Waals surface area contributed by atoms with Crippen molar-refractivity contribution < 1.29 is 0 Å². The maximum atomic E-state index is 6.02. The summed E-state index contributed by atoms with van der Waals surface area (Å²) in [5.41, 5.74) is 4.47. The molecular formula is C17H28N4. The van der Waals surface area contributed by atoms with E-state index in [0.29, 0.717) is 0 Å². The fraction of sp³-hybridized carbons (Fsp3) is 0.824. The van der Waals surface area contributed by atoms with Gasteiger partial charge >= 0.3 is 0 Å². The van der Waals surface area contributed by atoms with Gasteiger partial charge < -0.3 is 0 Å². The van der Waals surface area contributed by atoms with E-state index in [1.54, 1.807) is 0 Å². The molecule has 0 aromatic carbocycles. The second-order valence-electron chi connectivity index (χ2n) is 7.63. The van der Waals surface area contributed by atoms with E-state index in [4.69, 9.17) is 5.84 Å². The van der Waals surface area contributed by atoms with E-state index >= 15 is 0 Å². The summed E-state index contributed by atoms with van der Waals surface area (Å²) in [4.78, 5) is 0. The SMILES string of the molecule is CCCn1nccc1C(NN)C1C2CC3CC(C2)CC1C3. The molecule has 4 bridgehead atoms. The average molecular weight is 288 g/mol. The van der Waals surface area contributed by atoms with Gasteiger partial charge in [-0.2, -0.15) is 5.10 Å². The number of aromatic nitrogens is 2. The quantitative estimate of drug-likeness (QED) is 0.647. The highest BCUT2D eigenvalue weighted by atomic mass is 15.3. The highest BCUT2D eigenvalue weighted by molar-refractivity contribution is 5.13. The fourth-order valence-electron chi connectivity index (χ4n) is 5.91. The van der Waals surface area contributed by atoms with Crippen LogP contribution in [0.3, 0.4) is 0 Å². The van der Waals surface area contributed by atoms with E-state index in [9.17, 15) is 0 Å². The van der Waals surface area contributed by atoms with E-state index in [2.05, 4.69) is 28.2 Å². The van der Waals surface area contributed by atoms with E-state index in [-0.39, 0.29) is 6.04 Å². The van der Waals surface area contributed by atoms with Gasteiger partial charge in [-0.25, -0.2) is 0 Å². The Morgan fingerprint density at radius 2 is 1.90 bits per heavy atom. The summed E-state index contributed by atoms with van der Waals surface area (Å²) in [6.07, 6.45) is 10.3. The van der Waals surface area contributed by atoms with Gasteiger partial charge in [-0.05, 0) is 74.2 Å². The largest absolute Gasteiger partial charge is 0.271 e. The lowest BCUT2D eigenvalue weighted by atomic mass is 9.50. The predicted molar refractivity (Wildman–Crippen MR) is 83.1 cm³/mol. The summed E-state index contributed by atoms with van der Waals surface area (Å²) in [6, 6.07) is 2.46. The molecule has 1 aromatic heterocycles. The van der Waals surface area contributed by atoms with Crippen molar-refractivity contribution >= 4 is 0 Å². The van der Waals surface area contributed by atoms with E-state index in [1.807, 2.05) is 6.20 Å². The molecule has 3 N–H and O–H groups in total. The number of rotatable bonds is 5. The number of aryl methyl sites for hydroxylation is 1. The van der Waals surface area contributed by atoms with Crippen molar-refractivity contribution in [3.63, 3.8) is 0 Å². The monoisotopic (exact) mass is 288 g/mol. The zero-order valence-electron chi connectivity index (χ0n) is 13.0. The zero-order valence-corrected chi connectivity index (χ0v) is 13.0. The summed E-state index contributed by atoms with van der Waals surface area (Å²) in [5.74, 6) is 10.5. The van der Waals surface area contributed by atoms with Gasteiger partial charge in [-0.3, -0.25) is 16.0 Å². The first-order valence-electron chi connectivity index (χ1n) is 8.78. The second kappa shape index (κ2) is 5.40. The fourth-order valence-corrected chi connectivity index (χ4v) is 5.91. The molecule has 21 heavy (non-hydrogen) atoms. The van der Waals surface area contributed by atoms with Gasteiger partial charge in [0.15, 0.2) is 0 Å². The van der Waals surface area contributed by atoms with Crippen molar-refractivity contribution in [3.8, 4) is 0 Å². The summed E-state index contributed by atoms with van der Waals surface area (Å²) < 4.78 is 2.16. The number of hydrazine groups is 1. The van der Waals surface area contributed by atoms with Gasteiger partial charge in [0.25, 0.3) is 0 Å². The summed E-state index contributed by atoms with van der Waals surface area (Å²) >= 11 is 0. The van der Waals surface area contributed by atoms with Crippen LogP contribution in [0, 0.1) is 29.6 Å². The van der Waals surface area contributed by atoms with Crippen molar-refractivity contribution in [1.82, 2.24) is 15.2 Å². The van der Waals surface area contributed by atoms with E-state index in [0.717, 1.165) is 42.6 Å². The standard InChI is InChI=1S/C17H28N4/c1-2-5-21-15(3-4-19-21)17(20-18)16-13-7-11-6-12(9-13)10-14(16)8-11/h3-4,11-14,16-17,20H,2,5-10,18H2,1H3. The van der Waals surface area contributed by atoms with Crippen LogP contribution in [0.2, 0.25) is 0 Å². The van der Waals surface area contributed by atoms with Crippen LogP contribution in [0.5, 0.6) is 0 Å². The molecule has 0 aliphatic heterocycles. The topological polar surface area (TPSA) is 55.9 Å². The molecule has 1 heterocycles. The Labute approximate surface area is 127 Å². The van der Waals surface area contributed by atoms with Crippen molar-refractivity contribution in [3.05, 3.63) is 18.0 Å². The van der Waals surface area contributed by atoms with Crippen LogP contribution in [0.15, 0.2) is 12.3 Å². The van der Waals surface area contributed by atoms with E-state index < -0.39 is 0 Å². The van der Waals surface area contributed by atoms with Crippen LogP contribution in [-0.2, 0) is 6.54 Å². The smallest absolute Gasteiger partial charge is 0.0662 e. The minimum absolute atomic E-state index is 0.286. The molecule has 1 atom stereocenters. The number of nitrogens with zero attached hydrogens (tertiary/aromatic N) is 2. The molecule has 4 aliphatic carbocycles. The molecule has 1 unspecified atom stereocenters. The highest BCUT2D eigenvalue weighted by Gasteiger charge is 2.51. The average Bonchev–Trinajstić information content (AvgIpc) is 2.90. The summed E-state index contributed by atoms with van der Waals surface area (Å²) in [5, 5.41) is 4.51. The molecule has 4 fully saturated rings. The maximum Gasteiger partial charge on any atom is 0.0662 e. The van der Waals surface area contributed by atoms with Crippen LogP contribution < -0.4 is 11.3 Å². The Kier molecular flexibility index (Phi) is 3.54. The van der Waals surface area contributed by atoms with Gasteiger partial charge in [0.2, 0.25) is 0 Å². The molecule has 0 radical (unpaired) electrons. The maximum absolute atomic E-state index is 6.02. The summed E-state index contributed by atoms with van der Waals surface area (Å²) in [6.45, 7) is 3.20. The van der Waals surface area contributed by atoms with Gasteiger partial charge in [0.05, 0.1) is 11.7 Å². The van der Waals surface area contributed by atoms with Crippen molar-refractivity contribution in [2.45, 2.75) is 58.0 Å². The third-order valence-corrected chi connectivity index (χ3v) is 6.37. The van der Waals surface area contributed by atoms with Gasteiger partial charge in [-0.1, -0.05) is 6.92 Å². The Bertz CT molecular complexity index is 467. The molecule has 0 spiro atoms. The van der Waals surface area contributed by atoms with Gasteiger partial charge in [0, 0.05) is 12.7 Å². The second-order valence-corrected chi connectivity index (χ2v) is 7.63. The molecule has 116 valence electrons. The lowest BCUT2D eigenvalue weighted by Crippen LogP contribution is -2.51. The van der Waals surface area contributed by atoms with Crippen LogP contribution in [-0.4, -0.2) is 9.78 Å². The molecule has 4 aliphatic rings.